The quantitative estimate of drug-likeness (QED) is 0.382. The first-order valence-corrected chi connectivity index (χ1v) is 8.31. The number of carbonyl (C=O) groups is 1. The molecule has 2 aromatic carbocycles. The van der Waals surface area contributed by atoms with Crippen LogP contribution in [0, 0.1) is 24.0 Å². The van der Waals surface area contributed by atoms with Crippen molar-refractivity contribution in [2.24, 2.45) is 0 Å². The molecule has 1 aromatic heterocycles. The number of hydrogen-bond donors (Lipinski definition) is 0. The van der Waals surface area contributed by atoms with Gasteiger partial charge >= 0.3 is 5.69 Å². The molecule has 0 spiro atoms. The molecule has 1 heterocycles. The molecule has 0 saturated carbocycles. The normalized spacial score (nSPS) is 11.9. The second-order valence-electron chi connectivity index (χ2n) is 6.15. The minimum atomic E-state index is -0.476. The zero-order chi connectivity index (χ0) is 18.7. The number of aromatic nitrogens is 2. The van der Waals surface area contributed by atoms with Crippen molar-refractivity contribution in [3.63, 3.8) is 0 Å². The maximum Gasteiger partial charge on any atom is 0.312 e. The van der Waals surface area contributed by atoms with Crippen LogP contribution in [0.4, 0.5) is 5.69 Å². The molecule has 132 valence electrons. The Balaban J connectivity index is 2.02. The highest BCUT2D eigenvalue weighted by atomic mass is 16.6. The van der Waals surface area contributed by atoms with Gasteiger partial charge in [-0.05, 0) is 19.4 Å². The first-order valence-electron chi connectivity index (χ1n) is 8.31. The molecule has 0 radical (unpaired) electrons. The lowest BCUT2D eigenvalue weighted by molar-refractivity contribution is -0.386. The van der Waals surface area contributed by atoms with Crippen LogP contribution in [0.2, 0.25) is 0 Å². The maximum atomic E-state index is 13.1. The lowest BCUT2D eigenvalue weighted by atomic mass is 9.90. The molecule has 0 fully saturated rings. The number of carbonyl (C=O) groups excluding carboxylic acids is 1. The van der Waals surface area contributed by atoms with Crippen LogP contribution in [-0.2, 0) is 6.54 Å². The van der Waals surface area contributed by atoms with Gasteiger partial charge in [0.05, 0.1) is 17.4 Å². The molecule has 0 N–H and O–H groups in total. The van der Waals surface area contributed by atoms with Crippen LogP contribution in [0.3, 0.4) is 0 Å². The molecule has 3 rings (SSSR count). The van der Waals surface area contributed by atoms with Crippen LogP contribution in [0.15, 0.2) is 60.7 Å². The van der Waals surface area contributed by atoms with Crippen LogP contribution in [0.1, 0.15) is 33.2 Å². The topological polar surface area (TPSA) is 78.0 Å². The summed E-state index contributed by atoms with van der Waals surface area (Å²) in [5.41, 5.74) is 2.28. The Morgan fingerprint density at radius 1 is 1.08 bits per heavy atom. The Kier molecular flexibility index (Phi) is 4.93. The Labute approximate surface area is 151 Å². The molecule has 0 unspecified atom stereocenters. The summed E-state index contributed by atoms with van der Waals surface area (Å²) < 4.78 is 1.56. The molecule has 26 heavy (non-hydrogen) atoms. The Hall–Kier alpha value is -3.28. The number of nitrogens with zero attached hydrogens (tertiary/aromatic N) is 3. The molecule has 1 atom stereocenters. The van der Waals surface area contributed by atoms with E-state index in [0.717, 1.165) is 5.56 Å². The average molecular weight is 349 g/mol. The fraction of sp³-hybridized carbons (Fsp3) is 0.200. The summed E-state index contributed by atoms with van der Waals surface area (Å²) in [6.45, 7) is 3.52. The van der Waals surface area contributed by atoms with Crippen molar-refractivity contribution in [3.8, 4) is 0 Å². The van der Waals surface area contributed by atoms with Gasteiger partial charge in [0.2, 0.25) is 0 Å². The number of Topliss-reactive ketones (excluding diaryl/α,β-unsaturated/α-hetero) is 1. The molecule has 0 aliphatic carbocycles. The smallest absolute Gasteiger partial charge is 0.293 e. The Morgan fingerprint density at radius 2 is 1.65 bits per heavy atom. The van der Waals surface area contributed by atoms with E-state index in [4.69, 9.17) is 0 Å². The lowest BCUT2D eigenvalue weighted by Crippen LogP contribution is -2.20. The van der Waals surface area contributed by atoms with E-state index in [1.165, 1.54) is 0 Å². The number of benzene rings is 2. The lowest BCUT2D eigenvalue weighted by Gasteiger charge is -2.17. The van der Waals surface area contributed by atoms with E-state index in [1.807, 2.05) is 48.5 Å². The first kappa shape index (κ1) is 17.5. The zero-order valence-electron chi connectivity index (χ0n) is 14.6. The van der Waals surface area contributed by atoms with Gasteiger partial charge in [-0.2, -0.15) is 5.10 Å². The third kappa shape index (κ3) is 3.39. The zero-order valence-corrected chi connectivity index (χ0v) is 14.6. The molecule has 6 heteroatoms. The van der Waals surface area contributed by atoms with E-state index >= 15 is 0 Å². The standard InChI is InChI=1S/C20H19N3O3/c1-14-19(23(25)26)15(2)22(21-14)13-18(16-9-5-3-6-10-16)20(24)17-11-7-4-8-12-17/h3-12,18H,13H2,1-2H3/t18-/m1/s1. The van der Waals surface area contributed by atoms with Gasteiger partial charge in [0.1, 0.15) is 11.4 Å². The van der Waals surface area contributed by atoms with E-state index in [0.29, 0.717) is 17.0 Å². The fourth-order valence-electron chi connectivity index (χ4n) is 3.13. The molecule has 3 aromatic rings. The number of ketones is 1. The predicted octanol–water partition coefficient (Wildman–Crippen LogP) is 4.07. The minimum absolute atomic E-state index is 0.00368. The van der Waals surface area contributed by atoms with Crippen molar-refractivity contribution in [1.29, 1.82) is 0 Å². The average Bonchev–Trinajstić information content (AvgIpc) is 2.94. The molecule has 0 aliphatic rings. The molecular formula is C20H19N3O3. The second-order valence-corrected chi connectivity index (χ2v) is 6.15. The third-order valence-electron chi connectivity index (χ3n) is 4.46. The van der Waals surface area contributed by atoms with E-state index in [-0.39, 0.29) is 18.0 Å². The molecule has 0 aliphatic heterocycles. The van der Waals surface area contributed by atoms with Crippen molar-refractivity contribution < 1.29 is 9.72 Å². The second kappa shape index (κ2) is 7.31. The van der Waals surface area contributed by atoms with Gasteiger partial charge < -0.3 is 0 Å². The summed E-state index contributed by atoms with van der Waals surface area (Å²) in [6.07, 6.45) is 0. The number of hydrogen-bond acceptors (Lipinski definition) is 4. The molecule has 0 bridgehead atoms. The van der Waals surface area contributed by atoms with Crippen molar-refractivity contribution in [1.82, 2.24) is 9.78 Å². The fourth-order valence-corrected chi connectivity index (χ4v) is 3.13. The summed E-state index contributed by atoms with van der Waals surface area (Å²) in [5.74, 6) is -0.511. The third-order valence-corrected chi connectivity index (χ3v) is 4.46. The van der Waals surface area contributed by atoms with Crippen LogP contribution >= 0.6 is 0 Å². The van der Waals surface area contributed by atoms with Gasteiger partial charge in [-0.3, -0.25) is 19.6 Å². The SMILES string of the molecule is Cc1nn(C[C@@H](C(=O)c2ccccc2)c2ccccc2)c(C)c1[N+](=O)[O-]. The van der Waals surface area contributed by atoms with Crippen LogP contribution in [0.25, 0.3) is 0 Å². The van der Waals surface area contributed by atoms with E-state index in [1.54, 1.807) is 30.7 Å². The number of nitro groups is 1. The highest BCUT2D eigenvalue weighted by molar-refractivity contribution is 6.00. The van der Waals surface area contributed by atoms with E-state index in [9.17, 15) is 14.9 Å². The van der Waals surface area contributed by atoms with E-state index in [2.05, 4.69) is 5.10 Å². The van der Waals surface area contributed by atoms with Crippen molar-refractivity contribution in [3.05, 3.63) is 93.3 Å². The minimum Gasteiger partial charge on any atom is -0.293 e. The summed E-state index contributed by atoms with van der Waals surface area (Å²) in [6, 6.07) is 18.5. The van der Waals surface area contributed by atoms with Gasteiger partial charge in [-0.15, -0.1) is 0 Å². The van der Waals surface area contributed by atoms with Gasteiger partial charge in [0.15, 0.2) is 5.78 Å². The van der Waals surface area contributed by atoms with Gasteiger partial charge in [0.25, 0.3) is 0 Å². The van der Waals surface area contributed by atoms with E-state index < -0.39 is 10.8 Å². The highest BCUT2D eigenvalue weighted by Gasteiger charge is 2.27. The summed E-state index contributed by atoms with van der Waals surface area (Å²) in [4.78, 5) is 23.9. The first-order chi connectivity index (χ1) is 12.5. The number of aryl methyl sites for hydroxylation is 1. The van der Waals surface area contributed by atoms with Crippen molar-refractivity contribution in [2.45, 2.75) is 26.3 Å². The Morgan fingerprint density at radius 3 is 2.19 bits per heavy atom. The largest absolute Gasteiger partial charge is 0.312 e. The van der Waals surface area contributed by atoms with Crippen LogP contribution in [0.5, 0.6) is 0 Å². The monoisotopic (exact) mass is 349 g/mol. The summed E-state index contributed by atoms with van der Waals surface area (Å²) in [7, 11) is 0. The number of rotatable bonds is 6. The summed E-state index contributed by atoms with van der Waals surface area (Å²) in [5, 5.41) is 15.5. The summed E-state index contributed by atoms with van der Waals surface area (Å²) >= 11 is 0. The van der Waals surface area contributed by atoms with Crippen LogP contribution in [-0.4, -0.2) is 20.5 Å². The van der Waals surface area contributed by atoms with Gasteiger partial charge in [0, 0.05) is 5.56 Å². The van der Waals surface area contributed by atoms with Crippen molar-refractivity contribution in [2.75, 3.05) is 0 Å². The molecule has 0 saturated heterocycles. The van der Waals surface area contributed by atoms with Gasteiger partial charge in [-0.25, -0.2) is 0 Å². The van der Waals surface area contributed by atoms with Gasteiger partial charge in [-0.1, -0.05) is 60.7 Å². The maximum absolute atomic E-state index is 13.1. The molecular weight excluding hydrogens is 330 g/mol. The predicted molar refractivity (Wildman–Crippen MR) is 98.3 cm³/mol. The molecule has 6 nitrogen and oxygen atoms in total. The van der Waals surface area contributed by atoms with Crippen LogP contribution < -0.4 is 0 Å². The highest BCUT2D eigenvalue weighted by Crippen LogP contribution is 2.27. The van der Waals surface area contributed by atoms with Crippen molar-refractivity contribution >= 4 is 11.5 Å². The molecule has 0 amide bonds. The Bertz CT molecular complexity index is 934.